The van der Waals surface area contributed by atoms with E-state index in [0.717, 1.165) is 16.7 Å². The Morgan fingerprint density at radius 3 is 2.42 bits per heavy atom. The Bertz CT molecular complexity index is 933. The van der Waals surface area contributed by atoms with E-state index in [1.54, 1.807) is 39.5 Å². The van der Waals surface area contributed by atoms with Gasteiger partial charge in [0, 0.05) is 28.9 Å². The number of hydrogen-bond acceptors (Lipinski definition) is 4. The molecule has 0 bridgehead atoms. The molecule has 0 aliphatic carbocycles. The predicted molar refractivity (Wildman–Crippen MR) is 101 cm³/mol. The predicted octanol–water partition coefficient (Wildman–Crippen LogP) is 3.87. The number of ether oxygens (including phenoxy) is 3. The molecule has 1 N–H and O–H groups in total. The van der Waals surface area contributed by atoms with Crippen molar-refractivity contribution in [3.8, 4) is 17.2 Å². The van der Waals surface area contributed by atoms with E-state index in [4.69, 9.17) is 14.2 Å². The first-order valence-corrected chi connectivity index (χ1v) is 8.25. The average molecular weight is 354 g/mol. The molecule has 0 aliphatic rings. The lowest BCUT2D eigenvalue weighted by Gasteiger charge is -2.16. The first-order valence-electron chi connectivity index (χ1n) is 8.25. The van der Waals surface area contributed by atoms with Gasteiger partial charge in [-0.2, -0.15) is 0 Å². The van der Waals surface area contributed by atoms with Gasteiger partial charge in [0.05, 0.1) is 21.3 Å². The normalized spacial score (nSPS) is 11.8. The molecule has 26 heavy (non-hydrogen) atoms. The monoisotopic (exact) mass is 354 g/mol. The van der Waals surface area contributed by atoms with Crippen LogP contribution in [-0.4, -0.2) is 31.8 Å². The number of methoxy groups -OCH3 is 3. The Kier molecular flexibility index (Phi) is 5.02. The zero-order valence-electron chi connectivity index (χ0n) is 15.3. The number of benzene rings is 2. The molecule has 3 rings (SSSR count). The zero-order valence-corrected chi connectivity index (χ0v) is 15.3. The highest BCUT2D eigenvalue weighted by molar-refractivity contribution is 5.95. The van der Waals surface area contributed by atoms with Crippen LogP contribution in [0, 0.1) is 0 Å². The standard InChI is InChI=1S/C20H22N2O4/c1-13(22-10-9-14-11-16(24-2)6-7-17(14)22)20(23)21-15-5-8-18(25-3)19(12-15)26-4/h5-13H,1-4H3,(H,21,23). The molecule has 1 aromatic heterocycles. The van der Waals surface area contributed by atoms with E-state index in [0.29, 0.717) is 17.2 Å². The number of nitrogens with one attached hydrogen (secondary N) is 1. The van der Waals surface area contributed by atoms with E-state index in [-0.39, 0.29) is 11.9 Å². The number of aromatic nitrogens is 1. The lowest BCUT2D eigenvalue weighted by atomic mass is 10.2. The number of fused-ring (bicyclic) bond motifs is 1. The van der Waals surface area contributed by atoms with Crippen LogP contribution in [0.25, 0.3) is 10.9 Å². The Morgan fingerprint density at radius 2 is 1.73 bits per heavy atom. The second-order valence-electron chi connectivity index (χ2n) is 5.88. The lowest BCUT2D eigenvalue weighted by Crippen LogP contribution is -2.23. The molecular weight excluding hydrogens is 332 g/mol. The van der Waals surface area contributed by atoms with Gasteiger partial charge in [0.25, 0.3) is 0 Å². The van der Waals surface area contributed by atoms with Gasteiger partial charge in [-0.1, -0.05) is 0 Å². The smallest absolute Gasteiger partial charge is 0.247 e. The minimum Gasteiger partial charge on any atom is -0.497 e. The minimum absolute atomic E-state index is 0.120. The van der Waals surface area contributed by atoms with Crippen molar-refractivity contribution in [3.05, 3.63) is 48.7 Å². The van der Waals surface area contributed by atoms with E-state index >= 15 is 0 Å². The van der Waals surface area contributed by atoms with Crippen molar-refractivity contribution in [1.29, 1.82) is 0 Å². The summed E-state index contributed by atoms with van der Waals surface area (Å²) in [5, 5.41) is 3.95. The van der Waals surface area contributed by atoms with Crippen LogP contribution in [0.1, 0.15) is 13.0 Å². The van der Waals surface area contributed by atoms with E-state index in [2.05, 4.69) is 5.32 Å². The SMILES string of the molecule is COc1ccc2c(ccn2C(C)C(=O)Nc2ccc(OC)c(OC)c2)c1. The van der Waals surface area contributed by atoms with Crippen LogP contribution in [0.15, 0.2) is 48.7 Å². The molecule has 1 heterocycles. The molecule has 0 spiro atoms. The second-order valence-corrected chi connectivity index (χ2v) is 5.88. The third-order valence-electron chi connectivity index (χ3n) is 4.38. The molecule has 0 aliphatic heterocycles. The molecule has 1 unspecified atom stereocenters. The Hall–Kier alpha value is -3.15. The molecule has 0 fully saturated rings. The van der Waals surface area contributed by atoms with Crippen molar-refractivity contribution >= 4 is 22.5 Å². The fraction of sp³-hybridized carbons (Fsp3) is 0.250. The average Bonchev–Trinajstić information content (AvgIpc) is 3.10. The first-order chi connectivity index (χ1) is 12.6. The summed E-state index contributed by atoms with van der Waals surface area (Å²) in [6.07, 6.45) is 1.91. The van der Waals surface area contributed by atoms with Crippen molar-refractivity contribution in [1.82, 2.24) is 4.57 Å². The lowest BCUT2D eigenvalue weighted by molar-refractivity contribution is -0.118. The molecule has 6 heteroatoms. The summed E-state index contributed by atoms with van der Waals surface area (Å²) in [5.74, 6) is 1.85. The van der Waals surface area contributed by atoms with E-state index < -0.39 is 0 Å². The van der Waals surface area contributed by atoms with Gasteiger partial charge >= 0.3 is 0 Å². The number of carbonyl (C=O) groups is 1. The van der Waals surface area contributed by atoms with Gasteiger partial charge in [-0.25, -0.2) is 0 Å². The van der Waals surface area contributed by atoms with Crippen LogP contribution in [0.4, 0.5) is 5.69 Å². The third kappa shape index (κ3) is 3.31. The van der Waals surface area contributed by atoms with Crippen molar-refractivity contribution in [2.75, 3.05) is 26.6 Å². The highest BCUT2D eigenvalue weighted by Gasteiger charge is 2.17. The topological polar surface area (TPSA) is 61.7 Å². The number of carbonyl (C=O) groups excluding carboxylic acids is 1. The molecule has 6 nitrogen and oxygen atoms in total. The molecule has 0 saturated carbocycles. The summed E-state index contributed by atoms with van der Waals surface area (Å²) in [6, 6.07) is 12.7. The summed E-state index contributed by atoms with van der Waals surface area (Å²) >= 11 is 0. The molecule has 0 radical (unpaired) electrons. The summed E-state index contributed by atoms with van der Waals surface area (Å²) in [5.41, 5.74) is 1.62. The summed E-state index contributed by atoms with van der Waals surface area (Å²) < 4.78 is 17.7. The van der Waals surface area contributed by atoms with Crippen LogP contribution >= 0.6 is 0 Å². The molecule has 136 valence electrons. The minimum atomic E-state index is -0.381. The summed E-state index contributed by atoms with van der Waals surface area (Å²) in [6.45, 7) is 1.86. The maximum Gasteiger partial charge on any atom is 0.247 e. The van der Waals surface area contributed by atoms with Gasteiger partial charge in [0.15, 0.2) is 11.5 Å². The van der Waals surface area contributed by atoms with Crippen LogP contribution in [0.5, 0.6) is 17.2 Å². The van der Waals surface area contributed by atoms with Gasteiger partial charge < -0.3 is 24.1 Å². The van der Waals surface area contributed by atoms with Gasteiger partial charge in [-0.15, -0.1) is 0 Å². The summed E-state index contributed by atoms with van der Waals surface area (Å²) in [7, 11) is 4.77. The second kappa shape index (κ2) is 7.39. The maximum atomic E-state index is 12.7. The Morgan fingerprint density at radius 1 is 0.962 bits per heavy atom. The molecular formula is C20H22N2O4. The van der Waals surface area contributed by atoms with Crippen molar-refractivity contribution in [2.24, 2.45) is 0 Å². The number of rotatable bonds is 6. The van der Waals surface area contributed by atoms with E-state index in [1.165, 1.54) is 0 Å². The van der Waals surface area contributed by atoms with Crippen LogP contribution in [0.2, 0.25) is 0 Å². The van der Waals surface area contributed by atoms with Crippen molar-refractivity contribution in [3.63, 3.8) is 0 Å². The van der Waals surface area contributed by atoms with E-state index in [9.17, 15) is 4.79 Å². The van der Waals surface area contributed by atoms with Crippen molar-refractivity contribution < 1.29 is 19.0 Å². The van der Waals surface area contributed by atoms with Gasteiger partial charge in [-0.05, 0) is 43.3 Å². The molecule has 3 aromatic rings. The van der Waals surface area contributed by atoms with Crippen LogP contribution < -0.4 is 19.5 Å². The number of anilines is 1. The first kappa shape index (κ1) is 17.7. The van der Waals surface area contributed by atoms with Crippen LogP contribution in [0.3, 0.4) is 0 Å². The maximum absolute atomic E-state index is 12.7. The fourth-order valence-corrected chi connectivity index (χ4v) is 2.89. The highest BCUT2D eigenvalue weighted by Crippen LogP contribution is 2.30. The quantitative estimate of drug-likeness (QED) is 0.730. The van der Waals surface area contributed by atoms with E-state index in [1.807, 2.05) is 42.0 Å². The fourth-order valence-electron chi connectivity index (χ4n) is 2.89. The Balaban J connectivity index is 1.82. The molecule has 1 amide bonds. The Labute approximate surface area is 152 Å². The third-order valence-corrected chi connectivity index (χ3v) is 4.38. The van der Waals surface area contributed by atoms with Gasteiger partial charge in [0.2, 0.25) is 5.91 Å². The molecule has 0 saturated heterocycles. The van der Waals surface area contributed by atoms with Gasteiger partial charge in [-0.3, -0.25) is 4.79 Å². The van der Waals surface area contributed by atoms with Crippen LogP contribution in [-0.2, 0) is 4.79 Å². The number of nitrogens with zero attached hydrogens (tertiary/aromatic N) is 1. The largest absolute Gasteiger partial charge is 0.497 e. The highest BCUT2D eigenvalue weighted by atomic mass is 16.5. The molecule has 2 aromatic carbocycles. The van der Waals surface area contributed by atoms with Crippen molar-refractivity contribution in [2.45, 2.75) is 13.0 Å². The zero-order chi connectivity index (χ0) is 18.7. The molecule has 1 atom stereocenters. The number of amides is 1. The van der Waals surface area contributed by atoms with Gasteiger partial charge in [0.1, 0.15) is 11.8 Å². The number of hydrogen-bond donors (Lipinski definition) is 1. The summed E-state index contributed by atoms with van der Waals surface area (Å²) in [4.78, 5) is 12.7.